The van der Waals surface area contributed by atoms with E-state index in [0.717, 1.165) is 5.56 Å². The molecule has 1 nitrogen and oxygen atoms in total. The van der Waals surface area contributed by atoms with Gasteiger partial charge in [0.2, 0.25) is 0 Å². The maximum Gasteiger partial charge on any atom is 0.142 e. The number of rotatable bonds is 4. The van der Waals surface area contributed by atoms with Crippen molar-refractivity contribution < 1.29 is 4.39 Å². The van der Waals surface area contributed by atoms with Gasteiger partial charge in [0.15, 0.2) is 0 Å². The Hall–Kier alpha value is -1.38. The summed E-state index contributed by atoms with van der Waals surface area (Å²) < 4.78 is 13.5. The van der Waals surface area contributed by atoms with E-state index in [0.29, 0.717) is 6.42 Å². The van der Waals surface area contributed by atoms with Gasteiger partial charge in [0.25, 0.3) is 0 Å². The van der Waals surface area contributed by atoms with E-state index in [2.05, 4.69) is 26.0 Å². The molecule has 2 aromatic rings. The molecule has 1 unspecified atom stereocenters. The van der Waals surface area contributed by atoms with Crippen LogP contribution >= 0.6 is 11.6 Å². The van der Waals surface area contributed by atoms with Crippen LogP contribution < -0.4 is 5.73 Å². The first kappa shape index (κ1) is 15.0. The molecule has 2 aromatic carbocycles. The van der Waals surface area contributed by atoms with Crippen molar-refractivity contribution in [3.05, 3.63) is 70.5 Å². The number of halogens is 2. The molecule has 0 aromatic heterocycles. The van der Waals surface area contributed by atoms with Gasteiger partial charge >= 0.3 is 0 Å². The molecule has 3 heteroatoms. The second-order valence-corrected chi connectivity index (χ2v) is 5.99. The Bertz CT molecular complexity index is 581. The minimum atomic E-state index is -0.395. The van der Waals surface area contributed by atoms with Gasteiger partial charge in [0.05, 0.1) is 5.02 Å². The van der Waals surface area contributed by atoms with E-state index in [1.54, 1.807) is 6.07 Å². The molecule has 0 bridgehead atoms. The fraction of sp³-hybridized carbons (Fsp3) is 0.294. The third kappa shape index (κ3) is 3.02. The second kappa shape index (κ2) is 5.94. The summed E-state index contributed by atoms with van der Waals surface area (Å²) in [6.45, 7) is 4.19. The molecule has 106 valence electrons. The fourth-order valence-electron chi connectivity index (χ4n) is 2.28. The molecule has 2 rings (SSSR count). The lowest BCUT2D eigenvalue weighted by Crippen LogP contribution is -2.42. The molecule has 0 radical (unpaired) electrons. The molecule has 0 saturated carbocycles. The van der Waals surface area contributed by atoms with Crippen molar-refractivity contribution in [1.29, 1.82) is 0 Å². The quantitative estimate of drug-likeness (QED) is 0.891. The van der Waals surface area contributed by atoms with Crippen LogP contribution in [0.2, 0.25) is 5.02 Å². The number of hydrogen-bond donors (Lipinski definition) is 1. The van der Waals surface area contributed by atoms with Gasteiger partial charge in [-0.1, -0.05) is 67.9 Å². The van der Waals surface area contributed by atoms with Crippen LogP contribution in [0.5, 0.6) is 0 Å². The molecule has 0 fully saturated rings. The van der Waals surface area contributed by atoms with Crippen molar-refractivity contribution >= 4 is 11.6 Å². The van der Waals surface area contributed by atoms with Crippen LogP contribution in [0.3, 0.4) is 0 Å². The molecule has 0 saturated heterocycles. The Kier molecular flexibility index (Phi) is 4.46. The lowest BCUT2D eigenvalue weighted by Gasteiger charge is -2.32. The minimum Gasteiger partial charge on any atom is -0.327 e. The van der Waals surface area contributed by atoms with Gasteiger partial charge in [0.1, 0.15) is 5.82 Å². The van der Waals surface area contributed by atoms with Crippen LogP contribution in [0.4, 0.5) is 4.39 Å². The minimum absolute atomic E-state index is 0.149. The molecule has 20 heavy (non-hydrogen) atoms. The summed E-state index contributed by atoms with van der Waals surface area (Å²) in [5.41, 5.74) is 8.06. The summed E-state index contributed by atoms with van der Waals surface area (Å²) in [7, 11) is 0. The Morgan fingerprint density at radius 1 is 1.10 bits per heavy atom. The zero-order chi connectivity index (χ0) is 14.8. The smallest absolute Gasteiger partial charge is 0.142 e. The van der Waals surface area contributed by atoms with Crippen molar-refractivity contribution in [3.8, 4) is 0 Å². The summed E-state index contributed by atoms with van der Waals surface area (Å²) in [5, 5.41) is 0.173. The first-order valence-corrected chi connectivity index (χ1v) is 7.04. The van der Waals surface area contributed by atoms with Crippen molar-refractivity contribution in [2.45, 2.75) is 31.7 Å². The lowest BCUT2D eigenvalue weighted by atomic mass is 9.76. The largest absolute Gasteiger partial charge is 0.327 e. The molecular weight excluding hydrogens is 273 g/mol. The summed E-state index contributed by atoms with van der Waals surface area (Å²) >= 11 is 6.00. The van der Waals surface area contributed by atoms with Gasteiger partial charge in [-0.2, -0.15) is 0 Å². The monoisotopic (exact) mass is 291 g/mol. The second-order valence-electron chi connectivity index (χ2n) is 5.61. The zero-order valence-corrected chi connectivity index (χ0v) is 12.5. The molecule has 0 amide bonds. The normalized spacial score (nSPS) is 13.2. The third-order valence-electron chi connectivity index (χ3n) is 3.92. The topological polar surface area (TPSA) is 26.0 Å². The Labute approximate surface area is 124 Å². The first-order chi connectivity index (χ1) is 9.43. The highest BCUT2D eigenvalue weighted by Gasteiger charge is 2.29. The van der Waals surface area contributed by atoms with E-state index >= 15 is 0 Å². The highest BCUT2D eigenvalue weighted by molar-refractivity contribution is 6.31. The SMILES string of the molecule is CC(C)(c1ccccc1)C(N)Cc1cccc(F)c1Cl. The van der Waals surface area contributed by atoms with Gasteiger partial charge in [0, 0.05) is 11.5 Å². The van der Waals surface area contributed by atoms with Crippen molar-refractivity contribution in [3.63, 3.8) is 0 Å². The van der Waals surface area contributed by atoms with Crippen molar-refractivity contribution in [2.24, 2.45) is 5.73 Å². The third-order valence-corrected chi connectivity index (χ3v) is 4.34. The standard InChI is InChI=1S/C17H19ClFN/c1-17(2,13-8-4-3-5-9-13)15(20)11-12-7-6-10-14(19)16(12)18/h3-10,15H,11,20H2,1-2H3. The maximum atomic E-state index is 13.5. The molecule has 2 N–H and O–H groups in total. The Morgan fingerprint density at radius 2 is 1.75 bits per heavy atom. The fourth-order valence-corrected chi connectivity index (χ4v) is 2.48. The number of hydrogen-bond acceptors (Lipinski definition) is 1. The average Bonchev–Trinajstić information content (AvgIpc) is 2.44. The summed E-state index contributed by atoms with van der Waals surface area (Å²) in [6, 6.07) is 14.8. The van der Waals surface area contributed by atoms with Crippen molar-refractivity contribution in [1.82, 2.24) is 0 Å². The van der Waals surface area contributed by atoms with Crippen LogP contribution in [-0.2, 0) is 11.8 Å². The van der Waals surface area contributed by atoms with Gasteiger partial charge in [-0.3, -0.25) is 0 Å². The molecule has 0 spiro atoms. The van der Waals surface area contributed by atoms with E-state index in [1.165, 1.54) is 11.6 Å². The summed E-state index contributed by atoms with van der Waals surface area (Å²) in [6.07, 6.45) is 0.540. The van der Waals surface area contributed by atoms with Gasteiger partial charge in [-0.25, -0.2) is 4.39 Å². The predicted molar refractivity (Wildman–Crippen MR) is 82.6 cm³/mol. The van der Waals surface area contributed by atoms with Gasteiger partial charge < -0.3 is 5.73 Å². The molecule has 0 aliphatic heterocycles. The van der Waals surface area contributed by atoms with Crippen LogP contribution in [-0.4, -0.2) is 6.04 Å². The highest BCUT2D eigenvalue weighted by Crippen LogP contribution is 2.29. The van der Waals surface area contributed by atoms with E-state index in [4.69, 9.17) is 17.3 Å². The van der Waals surface area contributed by atoms with E-state index in [-0.39, 0.29) is 16.5 Å². The molecule has 0 aliphatic carbocycles. The summed E-state index contributed by atoms with van der Waals surface area (Å²) in [4.78, 5) is 0. The maximum absolute atomic E-state index is 13.5. The average molecular weight is 292 g/mol. The van der Waals surface area contributed by atoms with Crippen LogP contribution in [0.1, 0.15) is 25.0 Å². The lowest BCUT2D eigenvalue weighted by molar-refractivity contribution is 0.406. The van der Waals surface area contributed by atoms with Crippen molar-refractivity contribution in [2.75, 3.05) is 0 Å². The Balaban J connectivity index is 2.23. The van der Waals surface area contributed by atoms with Gasteiger partial charge in [-0.15, -0.1) is 0 Å². The van der Waals surface area contributed by atoms with E-state index in [1.807, 2.05) is 24.3 Å². The van der Waals surface area contributed by atoms with Crippen LogP contribution in [0.25, 0.3) is 0 Å². The molecule has 1 atom stereocenters. The predicted octanol–water partition coefficient (Wildman–Crippen LogP) is 4.33. The highest BCUT2D eigenvalue weighted by atomic mass is 35.5. The number of benzene rings is 2. The van der Waals surface area contributed by atoms with E-state index < -0.39 is 5.82 Å². The first-order valence-electron chi connectivity index (χ1n) is 6.67. The molecular formula is C17H19ClFN. The van der Waals surface area contributed by atoms with Crippen LogP contribution in [0, 0.1) is 5.82 Å². The molecule has 0 heterocycles. The zero-order valence-electron chi connectivity index (χ0n) is 11.7. The Morgan fingerprint density at radius 3 is 2.40 bits per heavy atom. The number of nitrogens with two attached hydrogens (primary N) is 1. The molecule has 0 aliphatic rings. The van der Waals surface area contributed by atoms with Crippen LogP contribution in [0.15, 0.2) is 48.5 Å². The van der Waals surface area contributed by atoms with Gasteiger partial charge in [-0.05, 0) is 23.6 Å². The van der Waals surface area contributed by atoms with E-state index in [9.17, 15) is 4.39 Å². The summed E-state index contributed by atoms with van der Waals surface area (Å²) in [5.74, 6) is -0.395.